The van der Waals surface area contributed by atoms with Gasteiger partial charge >= 0.3 is 6.03 Å². The molecule has 11 nitrogen and oxygen atoms in total. The number of rotatable bonds is 5. The van der Waals surface area contributed by atoms with E-state index in [4.69, 9.17) is 0 Å². The molecule has 3 heterocycles. The summed E-state index contributed by atoms with van der Waals surface area (Å²) in [5.41, 5.74) is 7.96. The normalized spacial score (nSPS) is 14.2. The number of H-pyrrole nitrogens is 1. The van der Waals surface area contributed by atoms with E-state index in [1.165, 1.54) is 5.01 Å². The summed E-state index contributed by atoms with van der Waals surface area (Å²) in [6.45, 7) is 3.85. The third-order valence-corrected chi connectivity index (χ3v) is 6.55. The van der Waals surface area contributed by atoms with Gasteiger partial charge in [0.2, 0.25) is 5.95 Å². The minimum atomic E-state index is -0.520. The van der Waals surface area contributed by atoms with Crippen LogP contribution in [0.2, 0.25) is 0 Å². The van der Waals surface area contributed by atoms with Crippen molar-refractivity contribution < 1.29 is 9.59 Å². The van der Waals surface area contributed by atoms with Gasteiger partial charge < -0.3 is 15.5 Å². The van der Waals surface area contributed by atoms with Crippen LogP contribution in [-0.4, -0.2) is 65.2 Å². The first-order valence-corrected chi connectivity index (χ1v) is 12.0. The summed E-state index contributed by atoms with van der Waals surface area (Å²) >= 11 is 0. The number of fused-ring (bicyclic) bond motifs is 3. The Kier molecular flexibility index (Phi) is 5.73. The van der Waals surface area contributed by atoms with E-state index in [0.29, 0.717) is 39.7 Å². The fourth-order valence-electron chi connectivity index (χ4n) is 4.77. The Balaban J connectivity index is 1.24. The number of hydrazine groups is 1. The summed E-state index contributed by atoms with van der Waals surface area (Å²) < 4.78 is 0. The standard InChI is InChI=1S/C26H25N9O2/c1-34(25-28-10-3-11-29-25)33-26(37)30-19-5-2-4-18-20(19)24(36)21-22(31-32-23(18)21)16-6-8-17(9-7-16)35-14-12-27-13-15-35/h2-11,27H,12-15H2,1H3,(H,31,32)(H2,30,33,37). The first-order valence-electron chi connectivity index (χ1n) is 12.0. The molecule has 1 saturated heterocycles. The topological polar surface area (TPSA) is 131 Å². The minimum absolute atomic E-state index is 0.185. The van der Waals surface area contributed by atoms with Crippen molar-refractivity contribution in [1.82, 2.24) is 30.9 Å². The second kappa shape index (κ2) is 9.36. The molecule has 4 aromatic rings. The summed E-state index contributed by atoms with van der Waals surface area (Å²) in [5.74, 6) is 0.149. The summed E-state index contributed by atoms with van der Waals surface area (Å²) in [4.78, 5) is 36.9. The zero-order valence-electron chi connectivity index (χ0n) is 20.2. The lowest BCUT2D eigenvalue weighted by molar-refractivity contribution is 0.104. The SMILES string of the molecule is CN(NC(=O)Nc1cccc2c1C(=O)c1c(-c3ccc(N4CCNCC4)cc3)n[nH]c1-2)c1ncccn1. The fraction of sp³-hybridized carbons (Fsp3) is 0.192. The highest BCUT2D eigenvalue weighted by atomic mass is 16.2. The number of aromatic amines is 1. The number of nitrogens with zero attached hydrogens (tertiary/aromatic N) is 5. The number of piperazine rings is 1. The third-order valence-electron chi connectivity index (χ3n) is 6.55. The second-order valence-electron chi connectivity index (χ2n) is 8.84. The fourth-order valence-corrected chi connectivity index (χ4v) is 4.77. The van der Waals surface area contributed by atoms with Crippen LogP contribution in [0, 0.1) is 0 Å². The van der Waals surface area contributed by atoms with Crippen molar-refractivity contribution in [3.05, 3.63) is 72.1 Å². The average molecular weight is 496 g/mol. The number of benzene rings is 2. The number of nitrogens with one attached hydrogen (secondary N) is 4. The van der Waals surface area contributed by atoms with Gasteiger partial charge in [0.05, 0.1) is 22.5 Å². The Morgan fingerprint density at radius 2 is 1.76 bits per heavy atom. The molecule has 0 saturated carbocycles. The molecule has 0 radical (unpaired) electrons. The Morgan fingerprint density at radius 1 is 1.00 bits per heavy atom. The maximum absolute atomic E-state index is 13.6. The number of carbonyl (C=O) groups excluding carboxylic acids is 2. The number of amides is 2. The van der Waals surface area contributed by atoms with Crippen LogP contribution in [0.25, 0.3) is 22.5 Å². The van der Waals surface area contributed by atoms with Gasteiger partial charge in [-0.3, -0.25) is 14.9 Å². The van der Waals surface area contributed by atoms with Gasteiger partial charge in [0.15, 0.2) is 5.78 Å². The monoisotopic (exact) mass is 495 g/mol. The van der Waals surface area contributed by atoms with E-state index in [1.807, 2.05) is 18.2 Å². The lowest BCUT2D eigenvalue weighted by Crippen LogP contribution is -2.43. The molecule has 1 aliphatic heterocycles. The van der Waals surface area contributed by atoms with Crippen molar-refractivity contribution in [2.45, 2.75) is 0 Å². The smallest absolute Gasteiger partial charge is 0.338 e. The van der Waals surface area contributed by atoms with Crippen LogP contribution in [-0.2, 0) is 0 Å². The van der Waals surface area contributed by atoms with Gasteiger partial charge in [-0.15, -0.1) is 0 Å². The highest BCUT2D eigenvalue weighted by Crippen LogP contribution is 2.43. The van der Waals surface area contributed by atoms with Crippen LogP contribution < -0.4 is 26.0 Å². The van der Waals surface area contributed by atoms with Crippen molar-refractivity contribution in [1.29, 1.82) is 0 Å². The summed E-state index contributed by atoms with van der Waals surface area (Å²) in [6, 6.07) is 14.7. The summed E-state index contributed by atoms with van der Waals surface area (Å²) in [7, 11) is 1.63. The number of ketones is 1. The molecule has 37 heavy (non-hydrogen) atoms. The maximum atomic E-state index is 13.6. The Labute approximate surface area is 212 Å². The third kappa shape index (κ3) is 4.15. The molecule has 0 atom stereocenters. The first-order chi connectivity index (χ1) is 18.1. The molecule has 6 rings (SSSR count). The molecule has 2 aromatic carbocycles. The highest BCUT2D eigenvalue weighted by Gasteiger charge is 2.35. The lowest BCUT2D eigenvalue weighted by Gasteiger charge is -2.29. The van der Waals surface area contributed by atoms with Gasteiger partial charge in [0.1, 0.15) is 5.69 Å². The molecular weight excluding hydrogens is 470 g/mol. The van der Waals surface area contributed by atoms with Crippen LogP contribution in [0.3, 0.4) is 0 Å². The lowest BCUT2D eigenvalue weighted by atomic mass is 10.0. The number of hydrogen-bond donors (Lipinski definition) is 4. The van der Waals surface area contributed by atoms with E-state index in [9.17, 15) is 9.59 Å². The number of carbonyl (C=O) groups is 2. The van der Waals surface area contributed by atoms with Crippen molar-refractivity contribution in [2.24, 2.45) is 0 Å². The van der Waals surface area contributed by atoms with E-state index < -0.39 is 6.03 Å². The van der Waals surface area contributed by atoms with Crippen molar-refractivity contribution in [3.63, 3.8) is 0 Å². The average Bonchev–Trinajstić information content (AvgIpc) is 3.50. The molecular formula is C26H25N9O2. The zero-order valence-corrected chi connectivity index (χ0v) is 20.2. The van der Waals surface area contributed by atoms with E-state index in [2.05, 4.69) is 53.3 Å². The number of anilines is 3. The molecule has 2 aromatic heterocycles. The van der Waals surface area contributed by atoms with E-state index in [-0.39, 0.29) is 5.78 Å². The number of urea groups is 1. The zero-order chi connectivity index (χ0) is 25.4. The minimum Gasteiger partial charge on any atom is -0.369 e. The summed E-state index contributed by atoms with van der Waals surface area (Å²) in [5, 5.41) is 15.1. The molecule has 2 aliphatic rings. The highest BCUT2D eigenvalue weighted by molar-refractivity contribution is 6.26. The van der Waals surface area contributed by atoms with Crippen LogP contribution in [0.5, 0.6) is 0 Å². The molecule has 11 heteroatoms. The molecule has 0 unspecified atom stereocenters. The second-order valence-corrected chi connectivity index (χ2v) is 8.84. The molecule has 4 N–H and O–H groups in total. The quantitative estimate of drug-likeness (QED) is 0.274. The summed E-state index contributed by atoms with van der Waals surface area (Å²) in [6.07, 6.45) is 3.17. The van der Waals surface area contributed by atoms with Crippen LogP contribution in [0.1, 0.15) is 15.9 Å². The van der Waals surface area contributed by atoms with Crippen LogP contribution in [0.4, 0.5) is 22.1 Å². The molecule has 1 aliphatic carbocycles. The van der Waals surface area contributed by atoms with Crippen LogP contribution >= 0.6 is 0 Å². The Bertz CT molecular complexity index is 1460. The van der Waals surface area contributed by atoms with Gasteiger partial charge in [-0.05, 0) is 24.3 Å². The number of aromatic nitrogens is 4. The van der Waals surface area contributed by atoms with Gasteiger partial charge in [-0.1, -0.05) is 24.3 Å². The Hall–Kier alpha value is -4.77. The van der Waals surface area contributed by atoms with Crippen molar-refractivity contribution >= 4 is 29.1 Å². The van der Waals surface area contributed by atoms with Gasteiger partial charge in [0, 0.05) is 62.4 Å². The maximum Gasteiger partial charge on any atom is 0.338 e. The first kappa shape index (κ1) is 22.7. The van der Waals surface area contributed by atoms with E-state index in [0.717, 1.165) is 37.4 Å². The van der Waals surface area contributed by atoms with Crippen LogP contribution in [0.15, 0.2) is 60.9 Å². The molecule has 0 spiro atoms. The largest absolute Gasteiger partial charge is 0.369 e. The van der Waals surface area contributed by atoms with Gasteiger partial charge in [-0.25, -0.2) is 20.2 Å². The van der Waals surface area contributed by atoms with E-state index >= 15 is 0 Å². The molecule has 0 bridgehead atoms. The van der Waals surface area contributed by atoms with E-state index in [1.54, 1.807) is 37.6 Å². The van der Waals surface area contributed by atoms with Gasteiger partial charge in [-0.2, -0.15) is 5.10 Å². The Morgan fingerprint density at radius 3 is 2.51 bits per heavy atom. The predicted molar refractivity (Wildman–Crippen MR) is 141 cm³/mol. The molecule has 1 fully saturated rings. The van der Waals surface area contributed by atoms with Crippen molar-refractivity contribution in [3.8, 4) is 22.5 Å². The molecule has 2 amide bonds. The van der Waals surface area contributed by atoms with Crippen molar-refractivity contribution in [2.75, 3.05) is 48.5 Å². The number of hydrogen-bond acceptors (Lipinski definition) is 8. The van der Waals surface area contributed by atoms with Gasteiger partial charge in [0.25, 0.3) is 0 Å². The molecule has 186 valence electrons. The predicted octanol–water partition coefficient (Wildman–Crippen LogP) is 2.66.